The van der Waals surface area contributed by atoms with Crippen LogP contribution in [-0.2, 0) is 14.3 Å². The standard InChI is InChI=1S/C13H14FN3O5/c14-10-4-3-8(6-11(10)17(20)21)16-13(19)12(18)15-7-9-2-1-5-22-9/h3-4,6,9H,1-2,5,7H2,(H,15,18)(H,16,19). The molecule has 1 aromatic rings. The Balaban J connectivity index is 1.91. The van der Waals surface area contributed by atoms with Crippen LogP contribution >= 0.6 is 0 Å². The molecule has 1 atom stereocenters. The van der Waals surface area contributed by atoms with E-state index in [-0.39, 0.29) is 18.3 Å². The molecule has 1 aliphatic rings. The maximum atomic E-state index is 13.2. The lowest BCUT2D eigenvalue weighted by atomic mass is 10.2. The van der Waals surface area contributed by atoms with Crippen molar-refractivity contribution in [3.8, 4) is 0 Å². The maximum Gasteiger partial charge on any atom is 0.313 e. The number of hydrogen-bond donors (Lipinski definition) is 2. The van der Waals surface area contributed by atoms with Crippen molar-refractivity contribution in [3.63, 3.8) is 0 Å². The predicted molar refractivity (Wildman–Crippen MR) is 73.7 cm³/mol. The summed E-state index contributed by atoms with van der Waals surface area (Å²) in [4.78, 5) is 32.9. The minimum absolute atomic E-state index is 0.0367. The van der Waals surface area contributed by atoms with Crippen LogP contribution in [0.5, 0.6) is 0 Å². The predicted octanol–water partition coefficient (Wildman–Crippen LogP) is 0.968. The van der Waals surface area contributed by atoms with Crippen molar-refractivity contribution in [2.75, 3.05) is 18.5 Å². The Hall–Kier alpha value is -2.55. The Morgan fingerprint density at radius 1 is 1.41 bits per heavy atom. The summed E-state index contributed by atoms with van der Waals surface area (Å²) in [6.07, 6.45) is 1.61. The number of nitro groups is 1. The van der Waals surface area contributed by atoms with Gasteiger partial charge in [0, 0.05) is 24.9 Å². The Morgan fingerprint density at radius 3 is 2.82 bits per heavy atom. The molecule has 22 heavy (non-hydrogen) atoms. The quantitative estimate of drug-likeness (QED) is 0.489. The molecule has 1 heterocycles. The molecule has 2 rings (SSSR count). The Bertz CT molecular complexity index is 601. The number of hydrogen-bond acceptors (Lipinski definition) is 5. The average molecular weight is 311 g/mol. The SMILES string of the molecule is O=C(NCC1CCCO1)C(=O)Nc1ccc(F)c([N+](=O)[O-])c1. The fourth-order valence-electron chi connectivity index (χ4n) is 2.01. The lowest BCUT2D eigenvalue weighted by molar-refractivity contribution is -0.387. The number of benzene rings is 1. The third-order valence-electron chi connectivity index (χ3n) is 3.12. The van der Waals surface area contributed by atoms with Gasteiger partial charge in [0.15, 0.2) is 0 Å². The Morgan fingerprint density at radius 2 is 2.18 bits per heavy atom. The summed E-state index contributed by atoms with van der Waals surface area (Å²) in [5.74, 6) is -2.90. The van der Waals surface area contributed by atoms with Gasteiger partial charge in [-0.2, -0.15) is 4.39 Å². The first-order valence-corrected chi connectivity index (χ1v) is 6.62. The first kappa shape index (κ1) is 15.8. The smallest absolute Gasteiger partial charge is 0.313 e. The van der Waals surface area contributed by atoms with Crippen molar-refractivity contribution in [1.82, 2.24) is 5.32 Å². The Kier molecular flexibility index (Phi) is 4.99. The minimum atomic E-state index is -1.02. The average Bonchev–Trinajstić information content (AvgIpc) is 2.99. The second-order valence-electron chi connectivity index (χ2n) is 4.72. The van der Waals surface area contributed by atoms with Crippen LogP contribution in [0, 0.1) is 15.9 Å². The third kappa shape index (κ3) is 3.98. The minimum Gasteiger partial charge on any atom is -0.376 e. The zero-order valence-electron chi connectivity index (χ0n) is 11.5. The van der Waals surface area contributed by atoms with Crippen molar-refractivity contribution in [2.45, 2.75) is 18.9 Å². The van der Waals surface area contributed by atoms with Crippen molar-refractivity contribution >= 4 is 23.2 Å². The number of nitro benzene ring substituents is 1. The molecule has 118 valence electrons. The van der Waals surface area contributed by atoms with E-state index in [4.69, 9.17) is 4.74 Å². The lowest BCUT2D eigenvalue weighted by Crippen LogP contribution is -2.39. The van der Waals surface area contributed by atoms with Gasteiger partial charge in [0.2, 0.25) is 5.82 Å². The van der Waals surface area contributed by atoms with Gasteiger partial charge in [0.05, 0.1) is 11.0 Å². The molecule has 2 amide bonds. The van der Waals surface area contributed by atoms with Crippen molar-refractivity contribution in [1.29, 1.82) is 0 Å². The number of carbonyl (C=O) groups is 2. The summed E-state index contributed by atoms with van der Waals surface area (Å²) in [6, 6.07) is 2.83. The van der Waals surface area contributed by atoms with Crippen molar-refractivity contribution in [3.05, 3.63) is 34.1 Å². The van der Waals surface area contributed by atoms with Crippen LogP contribution in [0.3, 0.4) is 0 Å². The molecule has 0 spiro atoms. The van der Waals surface area contributed by atoms with Gasteiger partial charge in [-0.3, -0.25) is 19.7 Å². The molecule has 1 aliphatic heterocycles. The molecule has 1 saturated heterocycles. The van der Waals surface area contributed by atoms with E-state index < -0.39 is 28.2 Å². The van der Waals surface area contributed by atoms with E-state index in [0.717, 1.165) is 31.0 Å². The van der Waals surface area contributed by atoms with Gasteiger partial charge in [-0.1, -0.05) is 0 Å². The second-order valence-corrected chi connectivity index (χ2v) is 4.72. The second kappa shape index (κ2) is 6.94. The topological polar surface area (TPSA) is 111 Å². The summed E-state index contributed by atoms with van der Waals surface area (Å²) in [5.41, 5.74) is -0.817. The summed E-state index contributed by atoms with van der Waals surface area (Å²) in [5, 5.41) is 15.2. The molecule has 0 aliphatic carbocycles. The van der Waals surface area contributed by atoms with Crippen LogP contribution in [0.1, 0.15) is 12.8 Å². The molecule has 0 radical (unpaired) electrons. The molecule has 9 heteroatoms. The summed E-state index contributed by atoms with van der Waals surface area (Å²) in [7, 11) is 0. The highest BCUT2D eigenvalue weighted by atomic mass is 19.1. The molecule has 8 nitrogen and oxygen atoms in total. The largest absolute Gasteiger partial charge is 0.376 e. The van der Waals surface area contributed by atoms with E-state index in [2.05, 4.69) is 10.6 Å². The van der Waals surface area contributed by atoms with Gasteiger partial charge in [-0.15, -0.1) is 0 Å². The van der Waals surface area contributed by atoms with Crippen molar-refractivity contribution < 1.29 is 23.6 Å². The molecule has 0 aromatic heterocycles. The molecule has 1 aromatic carbocycles. The molecular weight excluding hydrogens is 297 g/mol. The van der Waals surface area contributed by atoms with E-state index in [0.29, 0.717) is 6.61 Å². The zero-order chi connectivity index (χ0) is 16.1. The lowest BCUT2D eigenvalue weighted by Gasteiger charge is -2.10. The van der Waals surface area contributed by atoms with Gasteiger partial charge in [0.1, 0.15) is 0 Å². The molecule has 1 unspecified atom stereocenters. The molecule has 0 saturated carbocycles. The highest BCUT2D eigenvalue weighted by molar-refractivity contribution is 6.39. The van der Waals surface area contributed by atoms with Crippen LogP contribution in [0.4, 0.5) is 15.8 Å². The summed E-state index contributed by atoms with van der Waals surface area (Å²) < 4.78 is 18.5. The zero-order valence-corrected chi connectivity index (χ0v) is 11.5. The number of nitrogens with one attached hydrogen (secondary N) is 2. The van der Waals surface area contributed by atoms with E-state index in [1.165, 1.54) is 0 Å². The van der Waals surface area contributed by atoms with Gasteiger partial charge >= 0.3 is 17.5 Å². The normalized spacial score (nSPS) is 17.0. The first-order chi connectivity index (χ1) is 10.5. The van der Waals surface area contributed by atoms with Crippen LogP contribution in [0.2, 0.25) is 0 Å². The highest BCUT2D eigenvalue weighted by Crippen LogP contribution is 2.21. The van der Waals surface area contributed by atoms with Gasteiger partial charge in [-0.25, -0.2) is 0 Å². The Labute approximate surface area is 124 Å². The van der Waals surface area contributed by atoms with Crippen molar-refractivity contribution in [2.24, 2.45) is 0 Å². The monoisotopic (exact) mass is 311 g/mol. The summed E-state index contributed by atoms with van der Waals surface area (Å²) in [6.45, 7) is 0.849. The van der Waals surface area contributed by atoms with E-state index >= 15 is 0 Å². The number of anilines is 1. The van der Waals surface area contributed by atoms with E-state index in [1.807, 2.05) is 0 Å². The fourth-order valence-corrected chi connectivity index (χ4v) is 2.01. The van der Waals surface area contributed by atoms with E-state index in [9.17, 15) is 24.1 Å². The number of amides is 2. The third-order valence-corrected chi connectivity index (χ3v) is 3.12. The summed E-state index contributed by atoms with van der Waals surface area (Å²) >= 11 is 0. The molecule has 2 N–H and O–H groups in total. The number of carbonyl (C=O) groups excluding carboxylic acids is 2. The maximum absolute atomic E-state index is 13.2. The van der Waals surface area contributed by atoms with Gasteiger partial charge in [0.25, 0.3) is 0 Å². The highest BCUT2D eigenvalue weighted by Gasteiger charge is 2.20. The number of rotatable bonds is 4. The van der Waals surface area contributed by atoms with Crippen LogP contribution in [-0.4, -0.2) is 36.0 Å². The van der Waals surface area contributed by atoms with E-state index in [1.54, 1.807) is 0 Å². The molecule has 1 fully saturated rings. The van der Waals surface area contributed by atoms with Crippen LogP contribution in [0.25, 0.3) is 0 Å². The molecule has 0 bridgehead atoms. The fraction of sp³-hybridized carbons (Fsp3) is 0.385. The van der Waals surface area contributed by atoms with Gasteiger partial charge in [-0.05, 0) is 25.0 Å². The first-order valence-electron chi connectivity index (χ1n) is 6.62. The number of ether oxygens (including phenoxy) is 1. The van der Waals surface area contributed by atoms with Crippen LogP contribution < -0.4 is 10.6 Å². The molecular formula is C13H14FN3O5. The van der Waals surface area contributed by atoms with Gasteiger partial charge < -0.3 is 15.4 Å². The number of nitrogens with zero attached hydrogens (tertiary/aromatic N) is 1. The van der Waals surface area contributed by atoms with Crippen LogP contribution in [0.15, 0.2) is 18.2 Å². The number of halogens is 1.